The zero-order chi connectivity index (χ0) is 17.2. The Hall–Kier alpha value is -2.37. The molecule has 5 nitrogen and oxygen atoms in total. The van der Waals surface area contributed by atoms with Gasteiger partial charge in [0.2, 0.25) is 0 Å². The van der Waals surface area contributed by atoms with Crippen molar-refractivity contribution in [3.63, 3.8) is 0 Å². The van der Waals surface area contributed by atoms with Crippen molar-refractivity contribution in [2.45, 2.75) is 20.0 Å². The second-order valence-corrected chi connectivity index (χ2v) is 6.41. The molecule has 5 heteroatoms. The first-order valence-electron chi connectivity index (χ1n) is 8.58. The number of benzene rings is 2. The first-order chi connectivity index (χ1) is 12.2. The number of ether oxygens (including phenoxy) is 3. The summed E-state index contributed by atoms with van der Waals surface area (Å²) < 4.78 is 16.9. The number of aryl methyl sites for hydroxylation is 2. The van der Waals surface area contributed by atoms with Gasteiger partial charge in [0.25, 0.3) is 0 Å². The molecule has 1 aliphatic rings. The van der Waals surface area contributed by atoms with Gasteiger partial charge in [-0.05, 0) is 48.4 Å². The van der Waals surface area contributed by atoms with Gasteiger partial charge in [-0.3, -0.25) is 5.10 Å². The summed E-state index contributed by atoms with van der Waals surface area (Å²) in [5.41, 5.74) is 4.47. The maximum Gasteiger partial charge on any atom is 0.120 e. The number of hydrogen-bond donors (Lipinski definition) is 1. The summed E-state index contributed by atoms with van der Waals surface area (Å²) in [4.78, 5) is 0. The third kappa shape index (κ3) is 3.38. The normalized spacial score (nSPS) is 17.8. The van der Waals surface area contributed by atoms with Crippen LogP contribution < -0.4 is 4.74 Å². The largest absolute Gasteiger partial charge is 0.491 e. The molecule has 2 heterocycles. The molecule has 0 spiro atoms. The molecule has 25 heavy (non-hydrogen) atoms. The number of nitrogens with zero attached hydrogens (tertiary/aromatic N) is 1. The van der Waals surface area contributed by atoms with Gasteiger partial charge in [0, 0.05) is 11.3 Å². The lowest BCUT2D eigenvalue weighted by molar-refractivity contribution is -0.101. The summed E-state index contributed by atoms with van der Waals surface area (Å²) in [7, 11) is 0. The van der Waals surface area contributed by atoms with Crippen molar-refractivity contribution in [2.75, 3.05) is 26.4 Å². The Morgan fingerprint density at radius 1 is 1.12 bits per heavy atom. The molecule has 0 bridgehead atoms. The zero-order valence-electron chi connectivity index (χ0n) is 14.5. The van der Waals surface area contributed by atoms with E-state index in [1.165, 1.54) is 16.5 Å². The number of H-pyrrole nitrogens is 1. The first-order valence-corrected chi connectivity index (χ1v) is 8.58. The summed E-state index contributed by atoms with van der Waals surface area (Å²) in [5.74, 6) is 0.852. The second-order valence-electron chi connectivity index (χ2n) is 6.41. The molecule has 1 aliphatic heterocycles. The molecule has 0 aliphatic carbocycles. The van der Waals surface area contributed by atoms with E-state index >= 15 is 0 Å². The summed E-state index contributed by atoms with van der Waals surface area (Å²) in [6.07, 6.45) is 0.0128. The molecular formula is C20H22N2O3. The van der Waals surface area contributed by atoms with Crippen LogP contribution in [0.25, 0.3) is 21.9 Å². The lowest BCUT2D eigenvalue weighted by Gasteiger charge is -2.23. The lowest BCUT2D eigenvalue weighted by Crippen LogP contribution is -2.33. The molecule has 2 aromatic carbocycles. The fourth-order valence-electron chi connectivity index (χ4n) is 3.27. The van der Waals surface area contributed by atoms with Crippen molar-refractivity contribution < 1.29 is 14.2 Å². The molecule has 1 aromatic heterocycles. The average Bonchev–Trinajstić information content (AvgIpc) is 2.99. The highest BCUT2D eigenvalue weighted by atomic mass is 16.6. The standard InChI is InChI=1S/C20H22N2O3/c1-13-20(14(2)22-21-13)17-4-3-16-10-18(6-5-15(16)9-17)25-12-19-11-23-7-8-24-19/h3-6,9-10,19H,7-8,11-12H2,1-2H3,(H,21,22). The van der Waals surface area contributed by atoms with Crippen molar-refractivity contribution in [2.24, 2.45) is 0 Å². The summed E-state index contributed by atoms with van der Waals surface area (Å²) in [6, 6.07) is 12.6. The molecule has 3 aromatic rings. The third-order valence-corrected chi connectivity index (χ3v) is 4.55. The Morgan fingerprint density at radius 2 is 1.96 bits per heavy atom. The molecule has 0 saturated carbocycles. The molecule has 0 amide bonds. The average molecular weight is 338 g/mol. The lowest BCUT2D eigenvalue weighted by atomic mass is 10.00. The van der Waals surface area contributed by atoms with E-state index < -0.39 is 0 Å². The van der Waals surface area contributed by atoms with Gasteiger partial charge in [0.1, 0.15) is 18.5 Å². The predicted molar refractivity (Wildman–Crippen MR) is 97.1 cm³/mol. The number of aromatic amines is 1. The van der Waals surface area contributed by atoms with Gasteiger partial charge in [0.05, 0.1) is 25.5 Å². The van der Waals surface area contributed by atoms with Crippen LogP contribution in [-0.2, 0) is 9.47 Å². The van der Waals surface area contributed by atoms with E-state index in [-0.39, 0.29) is 6.10 Å². The molecule has 4 rings (SSSR count). The maximum atomic E-state index is 5.87. The van der Waals surface area contributed by atoms with E-state index in [0.29, 0.717) is 26.4 Å². The Bertz CT molecular complexity index is 862. The minimum Gasteiger partial charge on any atom is -0.491 e. The first kappa shape index (κ1) is 16.1. The highest BCUT2D eigenvalue weighted by molar-refractivity contribution is 5.89. The molecule has 1 unspecified atom stereocenters. The summed E-state index contributed by atoms with van der Waals surface area (Å²) in [5, 5.41) is 9.67. The fourth-order valence-corrected chi connectivity index (χ4v) is 3.27. The van der Waals surface area contributed by atoms with Crippen LogP contribution in [0.2, 0.25) is 0 Å². The van der Waals surface area contributed by atoms with Crippen molar-refractivity contribution in [1.82, 2.24) is 10.2 Å². The van der Waals surface area contributed by atoms with Gasteiger partial charge in [-0.15, -0.1) is 0 Å². The Morgan fingerprint density at radius 3 is 2.72 bits per heavy atom. The summed E-state index contributed by atoms with van der Waals surface area (Å²) >= 11 is 0. The van der Waals surface area contributed by atoms with Gasteiger partial charge < -0.3 is 14.2 Å². The van der Waals surface area contributed by atoms with E-state index in [4.69, 9.17) is 14.2 Å². The number of fused-ring (bicyclic) bond motifs is 1. The van der Waals surface area contributed by atoms with Crippen LogP contribution in [0.1, 0.15) is 11.4 Å². The predicted octanol–water partition coefficient (Wildman–Crippen LogP) is 3.64. The molecule has 1 saturated heterocycles. The molecule has 1 atom stereocenters. The number of aromatic nitrogens is 2. The van der Waals surface area contributed by atoms with Crippen LogP contribution in [0.4, 0.5) is 0 Å². The van der Waals surface area contributed by atoms with E-state index in [0.717, 1.165) is 22.5 Å². The van der Waals surface area contributed by atoms with Gasteiger partial charge in [0.15, 0.2) is 0 Å². The molecule has 1 fully saturated rings. The van der Waals surface area contributed by atoms with Crippen LogP contribution in [0.5, 0.6) is 5.75 Å². The molecule has 130 valence electrons. The smallest absolute Gasteiger partial charge is 0.120 e. The molecule has 1 N–H and O–H groups in total. The van der Waals surface area contributed by atoms with Crippen molar-refractivity contribution in [1.29, 1.82) is 0 Å². The SMILES string of the molecule is Cc1n[nH]c(C)c1-c1ccc2cc(OCC3COCCO3)ccc2c1. The van der Waals surface area contributed by atoms with Gasteiger partial charge >= 0.3 is 0 Å². The van der Waals surface area contributed by atoms with Crippen LogP contribution in [0.15, 0.2) is 36.4 Å². The van der Waals surface area contributed by atoms with Crippen molar-refractivity contribution >= 4 is 10.8 Å². The van der Waals surface area contributed by atoms with Crippen LogP contribution >= 0.6 is 0 Å². The minimum atomic E-state index is 0.0128. The Balaban J connectivity index is 1.54. The van der Waals surface area contributed by atoms with Crippen LogP contribution in [0, 0.1) is 13.8 Å². The van der Waals surface area contributed by atoms with Crippen LogP contribution in [0.3, 0.4) is 0 Å². The van der Waals surface area contributed by atoms with Gasteiger partial charge in [-0.1, -0.05) is 18.2 Å². The van der Waals surface area contributed by atoms with Crippen LogP contribution in [-0.4, -0.2) is 42.7 Å². The van der Waals surface area contributed by atoms with Gasteiger partial charge in [-0.2, -0.15) is 5.10 Å². The summed E-state index contributed by atoms with van der Waals surface area (Å²) in [6.45, 7) is 6.49. The second kappa shape index (κ2) is 6.86. The topological polar surface area (TPSA) is 56.4 Å². The minimum absolute atomic E-state index is 0.0128. The van der Waals surface area contributed by atoms with Crippen molar-refractivity contribution in [3.05, 3.63) is 47.8 Å². The van der Waals surface area contributed by atoms with Gasteiger partial charge in [-0.25, -0.2) is 0 Å². The highest BCUT2D eigenvalue weighted by Gasteiger charge is 2.15. The zero-order valence-corrected chi connectivity index (χ0v) is 14.5. The van der Waals surface area contributed by atoms with E-state index in [1.54, 1.807) is 0 Å². The highest BCUT2D eigenvalue weighted by Crippen LogP contribution is 2.30. The molecular weight excluding hydrogens is 316 g/mol. The molecule has 0 radical (unpaired) electrons. The fraction of sp³-hybridized carbons (Fsp3) is 0.350. The Labute approximate surface area is 146 Å². The maximum absolute atomic E-state index is 5.87. The van der Waals surface area contributed by atoms with E-state index in [9.17, 15) is 0 Å². The Kier molecular flexibility index (Phi) is 4.42. The number of hydrogen-bond acceptors (Lipinski definition) is 4. The quantitative estimate of drug-likeness (QED) is 0.789. The van der Waals surface area contributed by atoms with E-state index in [2.05, 4.69) is 40.5 Å². The van der Waals surface area contributed by atoms with E-state index in [1.807, 2.05) is 19.9 Å². The number of nitrogens with one attached hydrogen (secondary N) is 1. The third-order valence-electron chi connectivity index (χ3n) is 4.55. The number of rotatable bonds is 4. The van der Waals surface area contributed by atoms with Crippen molar-refractivity contribution in [3.8, 4) is 16.9 Å². The monoisotopic (exact) mass is 338 g/mol.